The summed E-state index contributed by atoms with van der Waals surface area (Å²) in [4.78, 5) is 12.1. The molecule has 1 aromatic carbocycles. The first kappa shape index (κ1) is 15.3. The van der Waals surface area contributed by atoms with Crippen LogP contribution in [-0.2, 0) is 6.42 Å². The molecule has 2 aliphatic rings. The minimum atomic E-state index is -0.737. The highest BCUT2D eigenvalue weighted by Gasteiger charge is 2.35. The van der Waals surface area contributed by atoms with Gasteiger partial charge in [-0.1, -0.05) is 19.1 Å². The van der Waals surface area contributed by atoms with E-state index in [0.717, 1.165) is 31.2 Å². The molecule has 2 aliphatic carbocycles. The lowest BCUT2D eigenvalue weighted by Gasteiger charge is -2.37. The molecule has 3 rings (SSSR count). The van der Waals surface area contributed by atoms with Crippen LogP contribution in [0.5, 0.6) is 0 Å². The fourth-order valence-corrected chi connectivity index (χ4v) is 3.39. The smallest absolute Gasteiger partial charge is 0.315 e. The second-order valence-corrected chi connectivity index (χ2v) is 6.71. The summed E-state index contributed by atoms with van der Waals surface area (Å²) in [6.07, 6.45) is 4.04. The van der Waals surface area contributed by atoms with Crippen LogP contribution in [0.2, 0.25) is 0 Å². The van der Waals surface area contributed by atoms with Gasteiger partial charge in [0.25, 0.3) is 0 Å². The Kier molecular flexibility index (Phi) is 4.08. The van der Waals surface area contributed by atoms with Gasteiger partial charge in [-0.15, -0.1) is 0 Å². The van der Waals surface area contributed by atoms with Gasteiger partial charge in [0.05, 0.1) is 11.6 Å². The van der Waals surface area contributed by atoms with Crippen molar-refractivity contribution in [2.75, 3.05) is 6.54 Å². The molecule has 4 nitrogen and oxygen atoms in total. The topological polar surface area (TPSA) is 61.4 Å². The highest BCUT2D eigenvalue weighted by molar-refractivity contribution is 5.74. The molecule has 2 atom stereocenters. The van der Waals surface area contributed by atoms with Gasteiger partial charge in [-0.3, -0.25) is 0 Å². The number of halogens is 1. The molecule has 0 bridgehead atoms. The van der Waals surface area contributed by atoms with E-state index in [9.17, 15) is 14.3 Å². The van der Waals surface area contributed by atoms with E-state index < -0.39 is 5.60 Å². The first-order valence-electron chi connectivity index (χ1n) is 8.02. The van der Waals surface area contributed by atoms with Crippen molar-refractivity contribution < 1.29 is 14.3 Å². The number of hydrogen-bond donors (Lipinski definition) is 3. The molecule has 2 amide bonds. The number of benzene rings is 1. The Balaban J connectivity index is 1.66. The summed E-state index contributed by atoms with van der Waals surface area (Å²) in [5.41, 5.74) is 0.847. The van der Waals surface area contributed by atoms with E-state index in [4.69, 9.17) is 0 Å². The van der Waals surface area contributed by atoms with Crippen LogP contribution in [0.1, 0.15) is 49.8 Å². The van der Waals surface area contributed by atoms with Gasteiger partial charge < -0.3 is 15.7 Å². The van der Waals surface area contributed by atoms with Gasteiger partial charge >= 0.3 is 6.03 Å². The molecule has 120 valence electrons. The third-order valence-electron chi connectivity index (χ3n) is 5.06. The number of aliphatic hydroxyl groups is 1. The number of rotatable bonds is 3. The molecule has 1 aromatic rings. The maximum Gasteiger partial charge on any atom is 0.315 e. The van der Waals surface area contributed by atoms with Gasteiger partial charge in [-0.25, -0.2) is 9.18 Å². The lowest BCUT2D eigenvalue weighted by atomic mass is 9.80. The molecule has 0 aromatic heterocycles. The Hall–Kier alpha value is -1.62. The molecule has 1 saturated carbocycles. The minimum absolute atomic E-state index is 0.185. The quantitative estimate of drug-likeness (QED) is 0.804. The second-order valence-electron chi connectivity index (χ2n) is 6.71. The Labute approximate surface area is 130 Å². The van der Waals surface area contributed by atoms with Crippen molar-refractivity contribution in [1.29, 1.82) is 0 Å². The molecule has 22 heavy (non-hydrogen) atoms. The van der Waals surface area contributed by atoms with E-state index in [-0.39, 0.29) is 30.4 Å². The van der Waals surface area contributed by atoms with Crippen molar-refractivity contribution >= 4 is 6.03 Å². The Morgan fingerprint density at radius 2 is 2.23 bits per heavy atom. The van der Waals surface area contributed by atoms with Crippen LogP contribution >= 0.6 is 0 Å². The molecule has 5 heteroatoms. The number of fused-ring (bicyclic) bond motifs is 1. The third kappa shape index (κ3) is 2.95. The Bertz CT molecular complexity index is 572. The summed E-state index contributed by atoms with van der Waals surface area (Å²) < 4.78 is 13.9. The predicted molar refractivity (Wildman–Crippen MR) is 82.0 cm³/mol. The van der Waals surface area contributed by atoms with Crippen LogP contribution in [-0.4, -0.2) is 23.3 Å². The Morgan fingerprint density at radius 3 is 2.91 bits per heavy atom. The third-order valence-corrected chi connectivity index (χ3v) is 5.06. The maximum atomic E-state index is 13.9. The van der Waals surface area contributed by atoms with Crippen molar-refractivity contribution in [3.63, 3.8) is 0 Å². The molecule has 0 aliphatic heterocycles. The molecule has 0 saturated heterocycles. The normalized spacial score (nSPS) is 25.8. The summed E-state index contributed by atoms with van der Waals surface area (Å²) in [7, 11) is 0. The molecule has 3 N–H and O–H groups in total. The second kappa shape index (κ2) is 5.88. The van der Waals surface area contributed by atoms with E-state index >= 15 is 0 Å². The summed E-state index contributed by atoms with van der Waals surface area (Å²) >= 11 is 0. The van der Waals surface area contributed by atoms with Crippen LogP contribution in [0.15, 0.2) is 18.2 Å². The van der Waals surface area contributed by atoms with Crippen LogP contribution in [0.25, 0.3) is 0 Å². The van der Waals surface area contributed by atoms with Crippen LogP contribution in [0.4, 0.5) is 9.18 Å². The highest BCUT2D eigenvalue weighted by atomic mass is 19.1. The summed E-state index contributed by atoms with van der Waals surface area (Å²) in [5, 5.41) is 15.7. The van der Waals surface area contributed by atoms with Gasteiger partial charge in [-0.05, 0) is 55.2 Å². The van der Waals surface area contributed by atoms with E-state index in [2.05, 4.69) is 17.6 Å². The first-order valence-corrected chi connectivity index (χ1v) is 8.02. The van der Waals surface area contributed by atoms with Gasteiger partial charge in [0.15, 0.2) is 0 Å². The lowest BCUT2D eigenvalue weighted by molar-refractivity contribution is -0.0290. The largest absolute Gasteiger partial charge is 0.388 e. The van der Waals surface area contributed by atoms with Gasteiger partial charge in [0, 0.05) is 6.54 Å². The average molecular weight is 306 g/mol. The average Bonchev–Trinajstić information content (AvgIpc) is 2.46. The monoisotopic (exact) mass is 306 g/mol. The van der Waals surface area contributed by atoms with Crippen molar-refractivity contribution in [2.24, 2.45) is 5.92 Å². The number of nitrogens with one attached hydrogen (secondary N) is 2. The first-order chi connectivity index (χ1) is 10.5. The minimum Gasteiger partial charge on any atom is -0.388 e. The van der Waals surface area contributed by atoms with E-state index in [1.165, 1.54) is 6.07 Å². The summed E-state index contributed by atoms with van der Waals surface area (Å²) in [6.45, 7) is 2.34. The molecule has 2 unspecified atom stereocenters. The lowest BCUT2D eigenvalue weighted by Crippen LogP contribution is -2.51. The van der Waals surface area contributed by atoms with Crippen molar-refractivity contribution in [2.45, 2.75) is 50.7 Å². The van der Waals surface area contributed by atoms with Crippen molar-refractivity contribution in [3.8, 4) is 0 Å². The van der Waals surface area contributed by atoms with Crippen LogP contribution in [0.3, 0.4) is 0 Å². The fourth-order valence-electron chi connectivity index (χ4n) is 3.39. The Morgan fingerprint density at radius 1 is 1.45 bits per heavy atom. The zero-order valence-electron chi connectivity index (χ0n) is 12.9. The molecular formula is C17H23FN2O2. The van der Waals surface area contributed by atoms with E-state index in [1.54, 1.807) is 6.07 Å². The number of carbonyl (C=O) groups is 1. The molecule has 0 radical (unpaired) electrons. The maximum absolute atomic E-state index is 13.9. The number of carbonyl (C=O) groups excluding carboxylic acids is 1. The van der Waals surface area contributed by atoms with Crippen LogP contribution < -0.4 is 10.6 Å². The summed E-state index contributed by atoms with van der Waals surface area (Å²) in [5.74, 6) is 0.0622. The zero-order valence-corrected chi connectivity index (χ0v) is 12.9. The van der Waals surface area contributed by atoms with Crippen LogP contribution in [0, 0.1) is 11.7 Å². The highest BCUT2D eigenvalue weighted by Crippen LogP contribution is 2.35. The zero-order chi connectivity index (χ0) is 15.7. The molecule has 0 spiro atoms. The van der Waals surface area contributed by atoms with Gasteiger partial charge in [0.1, 0.15) is 5.82 Å². The molecule has 0 heterocycles. The summed E-state index contributed by atoms with van der Waals surface area (Å²) in [6, 6.07) is 4.57. The van der Waals surface area contributed by atoms with E-state index in [1.807, 2.05) is 6.07 Å². The number of amides is 2. The van der Waals surface area contributed by atoms with Gasteiger partial charge in [0.2, 0.25) is 0 Å². The fraction of sp³-hybridized carbons (Fsp3) is 0.588. The van der Waals surface area contributed by atoms with Crippen molar-refractivity contribution in [3.05, 3.63) is 35.1 Å². The van der Waals surface area contributed by atoms with Gasteiger partial charge in [-0.2, -0.15) is 0 Å². The number of hydrogen-bond acceptors (Lipinski definition) is 2. The SMILES string of the molecule is CC1CCc2c(F)cccc2C1NC(=O)NCC1(O)CCC1. The molecule has 1 fully saturated rings. The van der Waals surface area contributed by atoms with E-state index in [0.29, 0.717) is 12.0 Å². The predicted octanol–water partition coefficient (Wildman–Crippen LogP) is 2.66. The van der Waals surface area contributed by atoms with Crippen molar-refractivity contribution in [1.82, 2.24) is 10.6 Å². The molecular weight excluding hydrogens is 283 g/mol. The standard InChI is InChI=1S/C17H23FN2O2/c1-11-6-7-12-13(4-2-5-14(12)18)15(11)20-16(21)19-10-17(22)8-3-9-17/h2,4-5,11,15,22H,3,6-10H2,1H3,(H2,19,20,21). The number of urea groups is 1.